The number of hydrogen-bond acceptors (Lipinski definition) is 2. The Labute approximate surface area is 110 Å². The molecule has 0 aliphatic carbocycles. The molecule has 0 saturated heterocycles. The smallest absolute Gasteiger partial charge is 0.143 e. The van der Waals surface area contributed by atoms with Gasteiger partial charge in [0, 0.05) is 10.7 Å². The Kier molecular flexibility index (Phi) is 3.50. The maximum Gasteiger partial charge on any atom is 0.143 e. The fourth-order valence-electron chi connectivity index (χ4n) is 1.65. The lowest BCUT2D eigenvalue weighted by atomic mass is 10.1. The Morgan fingerprint density at radius 1 is 1.22 bits per heavy atom. The van der Waals surface area contributed by atoms with Gasteiger partial charge in [0.25, 0.3) is 0 Å². The van der Waals surface area contributed by atoms with Gasteiger partial charge < -0.3 is 5.32 Å². The molecule has 0 aliphatic rings. The monoisotopic (exact) mass is 260 g/mol. The normalized spacial score (nSPS) is 9.89. The van der Waals surface area contributed by atoms with E-state index in [2.05, 4.69) is 5.32 Å². The van der Waals surface area contributed by atoms with Crippen LogP contribution in [0.5, 0.6) is 0 Å². The van der Waals surface area contributed by atoms with E-state index in [9.17, 15) is 4.39 Å². The van der Waals surface area contributed by atoms with Crippen molar-refractivity contribution in [2.75, 3.05) is 5.32 Å². The molecule has 0 aliphatic heterocycles. The maximum atomic E-state index is 13.4. The second kappa shape index (κ2) is 5.07. The molecular weight excluding hydrogens is 251 g/mol. The van der Waals surface area contributed by atoms with E-state index >= 15 is 0 Å². The molecule has 2 aromatic carbocycles. The number of nitrogens with zero attached hydrogens (tertiary/aromatic N) is 1. The summed E-state index contributed by atoms with van der Waals surface area (Å²) in [5, 5.41) is 12.6. The molecule has 0 spiro atoms. The van der Waals surface area contributed by atoms with Gasteiger partial charge in [-0.25, -0.2) is 4.39 Å². The standard InChI is InChI=1S/C14H10ClFN2/c1-9-7-10(15)5-6-13(9)18-14-4-2-3-12(16)11(14)8-17/h2-7,18H,1H3. The van der Waals surface area contributed by atoms with Crippen LogP contribution in [0.15, 0.2) is 36.4 Å². The first-order valence-electron chi connectivity index (χ1n) is 5.33. The average molecular weight is 261 g/mol. The largest absolute Gasteiger partial charge is 0.354 e. The molecule has 2 aromatic rings. The summed E-state index contributed by atoms with van der Waals surface area (Å²) in [4.78, 5) is 0. The molecule has 0 fully saturated rings. The lowest BCUT2D eigenvalue weighted by Crippen LogP contribution is -1.97. The zero-order valence-corrected chi connectivity index (χ0v) is 10.4. The Morgan fingerprint density at radius 3 is 2.67 bits per heavy atom. The fraction of sp³-hybridized carbons (Fsp3) is 0.0714. The summed E-state index contributed by atoms with van der Waals surface area (Å²) in [6.07, 6.45) is 0. The fourth-order valence-corrected chi connectivity index (χ4v) is 1.88. The van der Waals surface area contributed by atoms with Gasteiger partial charge in [-0.15, -0.1) is 0 Å². The van der Waals surface area contributed by atoms with Crippen LogP contribution in [0, 0.1) is 24.1 Å². The number of nitrogens with one attached hydrogen (secondary N) is 1. The lowest BCUT2D eigenvalue weighted by molar-refractivity contribution is 0.624. The van der Waals surface area contributed by atoms with E-state index < -0.39 is 5.82 Å². The first-order chi connectivity index (χ1) is 8.61. The van der Waals surface area contributed by atoms with Gasteiger partial charge in [-0.05, 0) is 42.8 Å². The highest BCUT2D eigenvalue weighted by Gasteiger charge is 2.08. The highest BCUT2D eigenvalue weighted by atomic mass is 35.5. The van der Waals surface area contributed by atoms with Gasteiger partial charge >= 0.3 is 0 Å². The number of anilines is 2. The van der Waals surface area contributed by atoms with Crippen LogP contribution in [0.2, 0.25) is 5.02 Å². The van der Waals surface area contributed by atoms with Crippen molar-refractivity contribution >= 4 is 23.0 Å². The number of rotatable bonds is 2. The second-order valence-corrected chi connectivity index (χ2v) is 4.29. The van der Waals surface area contributed by atoms with E-state index in [1.807, 2.05) is 13.0 Å². The van der Waals surface area contributed by atoms with Gasteiger partial charge in [-0.3, -0.25) is 0 Å². The van der Waals surface area contributed by atoms with Crippen molar-refractivity contribution in [1.82, 2.24) is 0 Å². The summed E-state index contributed by atoms with van der Waals surface area (Å²) in [5.74, 6) is -0.533. The number of benzene rings is 2. The Morgan fingerprint density at radius 2 is 2.00 bits per heavy atom. The highest BCUT2D eigenvalue weighted by Crippen LogP contribution is 2.26. The van der Waals surface area contributed by atoms with E-state index in [0.29, 0.717) is 10.7 Å². The average Bonchev–Trinajstić information content (AvgIpc) is 2.33. The van der Waals surface area contributed by atoms with Crippen LogP contribution < -0.4 is 5.32 Å². The van der Waals surface area contributed by atoms with Crippen LogP contribution in [-0.2, 0) is 0 Å². The molecule has 0 bridgehead atoms. The van der Waals surface area contributed by atoms with Crippen molar-refractivity contribution in [2.45, 2.75) is 6.92 Å². The maximum absolute atomic E-state index is 13.4. The van der Waals surface area contributed by atoms with E-state index in [1.165, 1.54) is 6.07 Å². The van der Waals surface area contributed by atoms with Crippen molar-refractivity contribution in [2.24, 2.45) is 0 Å². The zero-order chi connectivity index (χ0) is 13.1. The minimum absolute atomic E-state index is 0.00634. The molecule has 0 unspecified atom stereocenters. The van der Waals surface area contributed by atoms with Gasteiger partial charge in [0.05, 0.1) is 5.69 Å². The van der Waals surface area contributed by atoms with Crippen LogP contribution in [0.25, 0.3) is 0 Å². The number of hydrogen-bond donors (Lipinski definition) is 1. The second-order valence-electron chi connectivity index (χ2n) is 3.86. The molecule has 0 aromatic heterocycles. The van der Waals surface area contributed by atoms with Crippen LogP contribution >= 0.6 is 11.6 Å². The molecule has 0 amide bonds. The van der Waals surface area contributed by atoms with Gasteiger partial charge in [-0.2, -0.15) is 5.26 Å². The minimum atomic E-state index is -0.533. The van der Waals surface area contributed by atoms with E-state index in [1.54, 1.807) is 30.3 Å². The number of aryl methyl sites for hydroxylation is 1. The molecule has 2 rings (SSSR count). The third kappa shape index (κ3) is 2.44. The van der Waals surface area contributed by atoms with Crippen LogP contribution in [-0.4, -0.2) is 0 Å². The van der Waals surface area contributed by atoms with Gasteiger partial charge in [0.15, 0.2) is 0 Å². The third-order valence-electron chi connectivity index (χ3n) is 2.58. The van der Waals surface area contributed by atoms with Crippen molar-refractivity contribution < 1.29 is 4.39 Å². The summed E-state index contributed by atoms with van der Waals surface area (Å²) < 4.78 is 13.4. The molecule has 4 heteroatoms. The van der Waals surface area contributed by atoms with E-state index in [-0.39, 0.29) is 5.56 Å². The minimum Gasteiger partial charge on any atom is -0.354 e. The quantitative estimate of drug-likeness (QED) is 0.869. The molecule has 18 heavy (non-hydrogen) atoms. The van der Waals surface area contributed by atoms with Gasteiger partial charge in [-0.1, -0.05) is 17.7 Å². The SMILES string of the molecule is Cc1cc(Cl)ccc1Nc1cccc(F)c1C#N. The van der Waals surface area contributed by atoms with Crippen LogP contribution in [0.3, 0.4) is 0 Å². The Balaban J connectivity index is 2.41. The third-order valence-corrected chi connectivity index (χ3v) is 2.82. The highest BCUT2D eigenvalue weighted by molar-refractivity contribution is 6.30. The summed E-state index contributed by atoms with van der Waals surface area (Å²) in [7, 11) is 0. The predicted octanol–water partition coefficient (Wildman–Crippen LogP) is 4.40. The molecule has 90 valence electrons. The molecular formula is C14H10ClFN2. The summed E-state index contributed by atoms with van der Waals surface area (Å²) in [6.45, 7) is 1.89. The molecule has 2 nitrogen and oxygen atoms in total. The lowest BCUT2D eigenvalue weighted by Gasteiger charge is -2.11. The molecule has 0 radical (unpaired) electrons. The summed E-state index contributed by atoms with van der Waals surface area (Å²) in [6, 6.07) is 11.7. The molecule has 0 heterocycles. The van der Waals surface area contributed by atoms with Crippen molar-refractivity contribution in [3.05, 3.63) is 58.4 Å². The Hall–Kier alpha value is -2.05. The number of halogens is 2. The van der Waals surface area contributed by atoms with Crippen LogP contribution in [0.1, 0.15) is 11.1 Å². The van der Waals surface area contributed by atoms with Crippen LogP contribution in [0.4, 0.5) is 15.8 Å². The number of nitriles is 1. The van der Waals surface area contributed by atoms with Gasteiger partial charge in [0.2, 0.25) is 0 Å². The zero-order valence-electron chi connectivity index (χ0n) is 9.67. The molecule has 0 saturated carbocycles. The van der Waals surface area contributed by atoms with Crippen molar-refractivity contribution in [3.8, 4) is 6.07 Å². The van der Waals surface area contributed by atoms with Crippen molar-refractivity contribution in [1.29, 1.82) is 5.26 Å². The molecule has 1 N–H and O–H groups in total. The first-order valence-corrected chi connectivity index (χ1v) is 5.71. The topological polar surface area (TPSA) is 35.8 Å². The summed E-state index contributed by atoms with van der Waals surface area (Å²) >= 11 is 5.86. The van der Waals surface area contributed by atoms with Crippen molar-refractivity contribution in [3.63, 3.8) is 0 Å². The van der Waals surface area contributed by atoms with E-state index in [0.717, 1.165) is 11.3 Å². The molecule has 0 atom stereocenters. The predicted molar refractivity (Wildman–Crippen MR) is 70.6 cm³/mol. The summed E-state index contributed by atoms with van der Waals surface area (Å²) in [5.41, 5.74) is 2.17. The van der Waals surface area contributed by atoms with E-state index in [4.69, 9.17) is 16.9 Å². The van der Waals surface area contributed by atoms with Gasteiger partial charge in [0.1, 0.15) is 17.4 Å². The Bertz CT molecular complexity index is 632. The first kappa shape index (κ1) is 12.4.